The minimum absolute atomic E-state index is 0.0665. The van der Waals surface area contributed by atoms with Gasteiger partial charge in [-0.15, -0.1) is 0 Å². The highest BCUT2D eigenvalue weighted by molar-refractivity contribution is 7.89. The van der Waals surface area contributed by atoms with Gasteiger partial charge in [-0.3, -0.25) is 0 Å². The highest BCUT2D eigenvalue weighted by Gasteiger charge is 2.45. The third-order valence-corrected chi connectivity index (χ3v) is 6.58. The minimum atomic E-state index is -4.00. The number of hydrogen-bond acceptors (Lipinski definition) is 3. The maximum absolute atomic E-state index is 13.8. The first-order valence-corrected chi connectivity index (χ1v) is 10.0. The zero-order valence-electron chi connectivity index (χ0n) is 15.0. The Morgan fingerprint density at radius 2 is 1.85 bits per heavy atom. The summed E-state index contributed by atoms with van der Waals surface area (Å²) in [6.07, 6.45) is 1.84. The fraction of sp³-hybridized carbons (Fsp3) is 0.250. The molecule has 2 atom stereocenters. The van der Waals surface area contributed by atoms with Gasteiger partial charge in [0.05, 0.1) is 16.5 Å². The molecule has 1 aliphatic heterocycles. The predicted octanol–water partition coefficient (Wildman–Crippen LogP) is 3.67. The smallest absolute Gasteiger partial charge is 0.333 e. The Morgan fingerprint density at radius 3 is 2.41 bits per heavy atom. The van der Waals surface area contributed by atoms with Crippen LogP contribution < -0.4 is 0 Å². The van der Waals surface area contributed by atoms with Crippen LogP contribution in [0.5, 0.6) is 0 Å². The van der Waals surface area contributed by atoms with Crippen molar-refractivity contribution in [1.29, 1.82) is 0 Å². The molecule has 27 heavy (non-hydrogen) atoms. The second-order valence-corrected chi connectivity index (χ2v) is 8.35. The number of nitrogens with zero attached hydrogens (tertiary/aromatic N) is 1. The van der Waals surface area contributed by atoms with Gasteiger partial charge < -0.3 is 5.11 Å². The molecule has 142 valence electrons. The molecule has 0 bridgehead atoms. The Bertz CT molecular complexity index is 999. The standard InChI is InChI=1S/C20H20FNO4S/c1-3-16-12-18(20(23)24)19(14-5-4-6-15(21)11-14)22(16)27(25,26)17-9-7-13(2)8-10-17/h4-12,16,19H,3H2,1-2H3,(H,23,24)/t16-,19+/m0/s1. The van der Waals surface area contributed by atoms with Gasteiger partial charge in [0.25, 0.3) is 0 Å². The van der Waals surface area contributed by atoms with Gasteiger partial charge in [-0.2, -0.15) is 4.31 Å². The second kappa shape index (κ2) is 7.25. The summed E-state index contributed by atoms with van der Waals surface area (Å²) >= 11 is 0. The van der Waals surface area contributed by atoms with Crippen LogP contribution in [0.1, 0.15) is 30.5 Å². The summed E-state index contributed by atoms with van der Waals surface area (Å²) in [5, 5.41) is 9.63. The number of carboxylic acid groups (broad SMARTS) is 1. The lowest BCUT2D eigenvalue weighted by Crippen LogP contribution is -2.38. The van der Waals surface area contributed by atoms with Gasteiger partial charge in [0.1, 0.15) is 5.82 Å². The van der Waals surface area contributed by atoms with Crippen LogP contribution in [0.15, 0.2) is 65.1 Å². The molecule has 7 heteroatoms. The third-order valence-electron chi connectivity index (χ3n) is 4.67. The molecule has 1 N–H and O–H groups in total. The van der Waals surface area contributed by atoms with Crippen molar-refractivity contribution in [2.75, 3.05) is 0 Å². The minimum Gasteiger partial charge on any atom is -0.478 e. The fourth-order valence-corrected chi connectivity index (χ4v) is 5.14. The highest BCUT2D eigenvalue weighted by atomic mass is 32.2. The van der Waals surface area contributed by atoms with Crippen molar-refractivity contribution in [2.24, 2.45) is 0 Å². The maximum Gasteiger partial charge on any atom is 0.333 e. The molecule has 0 amide bonds. The Kier molecular flexibility index (Phi) is 5.17. The van der Waals surface area contributed by atoms with Gasteiger partial charge in [-0.05, 0) is 43.2 Å². The number of rotatable bonds is 5. The number of sulfonamides is 1. The van der Waals surface area contributed by atoms with Crippen molar-refractivity contribution in [3.05, 3.63) is 77.1 Å². The first-order valence-electron chi connectivity index (χ1n) is 8.56. The fourth-order valence-electron chi connectivity index (χ4n) is 3.34. The van der Waals surface area contributed by atoms with Crippen molar-refractivity contribution in [3.8, 4) is 0 Å². The Morgan fingerprint density at radius 1 is 1.19 bits per heavy atom. The molecule has 0 spiro atoms. The lowest BCUT2D eigenvalue weighted by Gasteiger charge is -2.30. The second-order valence-electron chi connectivity index (χ2n) is 6.51. The van der Waals surface area contributed by atoms with Crippen LogP contribution in [0.3, 0.4) is 0 Å². The van der Waals surface area contributed by atoms with E-state index in [1.165, 1.54) is 40.7 Å². The van der Waals surface area contributed by atoms with Crippen molar-refractivity contribution < 1.29 is 22.7 Å². The summed E-state index contributed by atoms with van der Waals surface area (Å²) in [4.78, 5) is 11.9. The molecule has 2 aromatic carbocycles. The Labute approximate surface area is 157 Å². The average molecular weight is 389 g/mol. The first-order chi connectivity index (χ1) is 12.8. The van der Waals surface area contributed by atoms with Crippen LogP contribution in [0, 0.1) is 12.7 Å². The van der Waals surface area contributed by atoms with Crippen LogP contribution >= 0.6 is 0 Å². The summed E-state index contributed by atoms with van der Waals surface area (Å²) < 4.78 is 41.7. The topological polar surface area (TPSA) is 74.7 Å². The molecule has 0 saturated carbocycles. The first kappa shape index (κ1) is 19.3. The molecule has 0 fully saturated rings. The quantitative estimate of drug-likeness (QED) is 0.847. The zero-order chi connectivity index (χ0) is 19.8. The van der Waals surface area contributed by atoms with Crippen molar-refractivity contribution in [2.45, 2.75) is 37.2 Å². The molecule has 0 aliphatic carbocycles. The Hall–Kier alpha value is -2.51. The van der Waals surface area contributed by atoms with E-state index in [0.29, 0.717) is 6.42 Å². The number of benzene rings is 2. The van der Waals surface area contributed by atoms with Crippen LogP contribution in [0.2, 0.25) is 0 Å². The SMILES string of the molecule is CC[C@H]1C=C(C(=O)O)[C@@H](c2cccc(F)c2)N1S(=O)(=O)c1ccc(C)cc1. The average Bonchev–Trinajstić information content (AvgIpc) is 3.03. The normalized spacial score (nSPS) is 20.5. The molecular formula is C20H20FNO4S. The summed E-state index contributed by atoms with van der Waals surface area (Å²) in [7, 11) is -4.00. The molecule has 0 saturated heterocycles. The molecule has 5 nitrogen and oxygen atoms in total. The molecule has 0 aromatic heterocycles. The lowest BCUT2D eigenvalue weighted by atomic mass is 10.0. The molecule has 0 radical (unpaired) electrons. The predicted molar refractivity (Wildman–Crippen MR) is 99.1 cm³/mol. The maximum atomic E-state index is 13.8. The molecular weight excluding hydrogens is 369 g/mol. The van der Waals surface area contributed by atoms with E-state index < -0.39 is 33.9 Å². The Balaban J connectivity index is 2.18. The molecule has 1 aliphatic rings. The van der Waals surface area contributed by atoms with Crippen LogP contribution in [0.25, 0.3) is 0 Å². The van der Waals surface area contributed by atoms with Gasteiger partial charge >= 0.3 is 5.97 Å². The summed E-state index contributed by atoms with van der Waals surface area (Å²) in [5.41, 5.74) is 1.13. The van der Waals surface area contributed by atoms with Crippen molar-refractivity contribution >= 4 is 16.0 Å². The molecule has 3 rings (SSSR count). The number of hydrogen-bond donors (Lipinski definition) is 1. The monoisotopic (exact) mass is 389 g/mol. The van der Waals surface area contributed by atoms with Crippen molar-refractivity contribution in [1.82, 2.24) is 4.31 Å². The number of carboxylic acids is 1. The molecule has 0 unspecified atom stereocenters. The highest BCUT2D eigenvalue weighted by Crippen LogP contribution is 2.42. The van der Waals surface area contributed by atoms with E-state index in [1.807, 2.05) is 6.92 Å². The van der Waals surface area contributed by atoms with E-state index in [2.05, 4.69) is 0 Å². The van der Waals surface area contributed by atoms with Crippen molar-refractivity contribution in [3.63, 3.8) is 0 Å². The summed E-state index contributed by atoms with van der Waals surface area (Å²) in [6.45, 7) is 3.63. The van der Waals surface area contributed by atoms with Crippen LogP contribution in [-0.2, 0) is 14.8 Å². The zero-order valence-corrected chi connectivity index (χ0v) is 15.8. The van der Waals surface area contributed by atoms with Gasteiger partial charge in [-0.1, -0.05) is 42.8 Å². The van der Waals surface area contributed by atoms with Crippen LogP contribution in [0.4, 0.5) is 4.39 Å². The number of aryl methyl sites for hydroxylation is 1. The number of aliphatic carboxylic acids is 1. The summed E-state index contributed by atoms with van der Waals surface area (Å²) in [6, 6.07) is 10.1. The van der Waals surface area contributed by atoms with E-state index in [4.69, 9.17) is 0 Å². The van der Waals surface area contributed by atoms with E-state index in [9.17, 15) is 22.7 Å². The lowest BCUT2D eigenvalue weighted by molar-refractivity contribution is -0.133. The van der Waals surface area contributed by atoms with E-state index in [0.717, 1.165) is 5.56 Å². The van der Waals surface area contributed by atoms with Crippen LogP contribution in [-0.4, -0.2) is 29.8 Å². The van der Waals surface area contributed by atoms with Gasteiger partial charge in [0, 0.05) is 6.04 Å². The van der Waals surface area contributed by atoms with E-state index in [-0.39, 0.29) is 16.0 Å². The molecule has 2 aromatic rings. The van der Waals surface area contributed by atoms with Gasteiger partial charge in [0.15, 0.2) is 0 Å². The van der Waals surface area contributed by atoms with E-state index >= 15 is 0 Å². The number of halogens is 1. The largest absolute Gasteiger partial charge is 0.478 e. The third kappa shape index (κ3) is 3.52. The van der Waals surface area contributed by atoms with Gasteiger partial charge in [0.2, 0.25) is 10.0 Å². The van der Waals surface area contributed by atoms with Gasteiger partial charge in [-0.25, -0.2) is 17.6 Å². The number of carbonyl (C=O) groups is 1. The van der Waals surface area contributed by atoms with E-state index in [1.54, 1.807) is 25.1 Å². The molecule has 1 heterocycles. The summed E-state index contributed by atoms with van der Waals surface area (Å²) in [5.74, 6) is -1.77.